The Morgan fingerprint density at radius 2 is 1.50 bits per heavy atom. The summed E-state index contributed by atoms with van der Waals surface area (Å²) in [5.74, 6) is -0.0251. The number of rotatable bonds is 19. The quantitative estimate of drug-likeness (QED) is 0.0427. The second-order valence-electron chi connectivity index (χ2n) is 15.1. The Bertz CT molecular complexity index is 1860. The van der Waals surface area contributed by atoms with E-state index in [0.717, 1.165) is 78.6 Å². The summed E-state index contributed by atoms with van der Waals surface area (Å²) >= 11 is 0. The van der Waals surface area contributed by atoms with Gasteiger partial charge in [-0.2, -0.15) is 0 Å². The third-order valence-corrected chi connectivity index (χ3v) is 11.0. The van der Waals surface area contributed by atoms with E-state index in [1.807, 2.05) is 42.5 Å². The molecule has 0 bridgehead atoms. The molecule has 1 saturated carbocycles. The molecule has 3 atom stereocenters. The van der Waals surface area contributed by atoms with Gasteiger partial charge in [0, 0.05) is 50.5 Å². The first kappa shape index (κ1) is 40.9. The lowest BCUT2D eigenvalue weighted by atomic mass is 9.97. The smallest absolute Gasteiger partial charge is 0.224 e. The van der Waals surface area contributed by atoms with Gasteiger partial charge in [0.2, 0.25) is 11.8 Å². The third kappa shape index (κ3) is 11.6. The van der Waals surface area contributed by atoms with Gasteiger partial charge in [-0.15, -0.1) is 6.58 Å². The van der Waals surface area contributed by atoms with Crippen molar-refractivity contribution in [3.8, 4) is 11.1 Å². The summed E-state index contributed by atoms with van der Waals surface area (Å²) in [6.45, 7) is 6.16. The van der Waals surface area contributed by atoms with E-state index in [4.69, 9.17) is 15.2 Å². The number of anilines is 2. The summed E-state index contributed by atoms with van der Waals surface area (Å²) < 4.78 is 13.4. The number of nitrogen functional groups attached to an aromatic ring is 1. The van der Waals surface area contributed by atoms with Crippen LogP contribution in [-0.2, 0) is 32.2 Å². The number of benzene rings is 4. The van der Waals surface area contributed by atoms with Crippen LogP contribution in [0.15, 0.2) is 110 Å². The molecule has 4 aromatic carbocycles. The van der Waals surface area contributed by atoms with Crippen molar-refractivity contribution >= 4 is 23.2 Å². The van der Waals surface area contributed by atoms with Crippen molar-refractivity contribution in [1.29, 1.82) is 0 Å². The number of nitrogens with one attached hydrogen (secondary N) is 2. The molecular weight excluding hydrogens is 701 g/mol. The first-order chi connectivity index (χ1) is 27.4. The summed E-state index contributed by atoms with van der Waals surface area (Å²) in [6.07, 6.45) is 11.2. The van der Waals surface area contributed by atoms with Crippen molar-refractivity contribution in [1.82, 2.24) is 10.2 Å². The van der Waals surface area contributed by atoms with Gasteiger partial charge in [-0.25, -0.2) is 0 Å². The highest BCUT2D eigenvalue weighted by molar-refractivity contribution is 5.93. The lowest BCUT2D eigenvalue weighted by Gasteiger charge is -2.39. The van der Waals surface area contributed by atoms with Crippen LogP contribution in [0.5, 0.6) is 0 Å². The number of carbonyl (C=O) groups is 2. The van der Waals surface area contributed by atoms with Crippen molar-refractivity contribution in [2.24, 2.45) is 0 Å². The monoisotopic (exact) mass is 758 g/mol. The molecule has 0 radical (unpaired) electrons. The second kappa shape index (κ2) is 20.9. The van der Waals surface area contributed by atoms with Crippen molar-refractivity contribution in [3.63, 3.8) is 0 Å². The number of hydrogen-bond donors (Lipinski definition) is 4. The number of nitrogens with two attached hydrogens (primary N) is 1. The van der Waals surface area contributed by atoms with E-state index in [1.54, 1.807) is 12.1 Å². The van der Waals surface area contributed by atoms with E-state index in [2.05, 4.69) is 70.6 Å². The van der Waals surface area contributed by atoms with Crippen molar-refractivity contribution in [3.05, 3.63) is 132 Å². The lowest BCUT2D eigenvalue weighted by molar-refractivity contribution is -0.253. The van der Waals surface area contributed by atoms with E-state index in [0.29, 0.717) is 36.8 Å². The number of para-hydroxylation sites is 2. The standard InChI is InChI=1S/C47H58N4O5/c1-2-29-51(39-14-8-9-15-39)32-40-30-44(36-23-21-34(33-52)22-24-36)56-47(55-40)37-27-25-35(26-28-37)41-16-10-7-13-38(41)31-49-45(53)19-5-3-4-6-20-46(54)50-43-18-12-11-17-42(43)48/h2,7,10-13,16-18,21-28,39-40,44,47,52H,1,3-6,8-9,14-15,19-20,29-33,48H2,(H,49,53)(H,50,54). The first-order valence-electron chi connectivity index (χ1n) is 20.3. The van der Waals surface area contributed by atoms with Crippen LogP contribution >= 0.6 is 0 Å². The Kier molecular flexibility index (Phi) is 15.3. The number of unbranched alkanes of at least 4 members (excludes halogenated alkanes) is 3. The number of amides is 2. The van der Waals surface area contributed by atoms with Crippen LogP contribution in [0.25, 0.3) is 11.1 Å². The Balaban J connectivity index is 1.02. The van der Waals surface area contributed by atoms with Gasteiger partial charge in [-0.1, -0.05) is 117 Å². The molecule has 56 heavy (non-hydrogen) atoms. The van der Waals surface area contributed by atoms with Crippen LogP contribution in [0.2, 0.25) is 0 Å². The summed E-state index contributed by atoms with van der Waals surface area (Å²) in [5, 5.41) is 15.6. The zero-order valence-electron chi connectivity index (χ0n) is 32.5. The van der Waals surface area contributed by atoms with Crippen LogP contribution in [0.3, 0.4) is 0 Å². The molecule has 3 unspecified atom stereocenters. The Hall–Kier alpha value is -4.80. The topological polar surface area (TPSA) is 126 Å². The highest BCUT2D eigenvalue weighted by atomic mass is 16.7. The number of carbonyl (C=O) groups excluding carboxylic acids is 2. The van der Waals surface area contributed by atoms with Crippen molar-refractivity contribution < 1.29 is 24.2 Å². The van der Waals surface area contributed by atoms with Gasteiger partial charge >= 0.3 is 0 Å². The molecule has 1 saturated heterocycles. The van der Waals surface area contributed by atoms with Gasteiger partial charge < -0.3 is 30.9 Å². The maximum Gasteiger partial charge on any atom is 0.224 e. The fourth-order valence-corrected chi connectivity index (χ4v) is 7.91. The molecule has 1 aliphatic carbocycles. The minimum absolute atomic E-state index is 0.0108. The lowest BCUT2D eigenvalue weighted by Crippen LogP contribution is -2.43. The van der Waals surface area contributed by atoms with Gasteiger partial charge in [0.15, 0.2) is 6.29 Å². The average Bonchev–Trinajstić information content (AvgIpc) is 3.78. The largest absolute Gasteiger partial charge is 0.397 e. The molecule has 0 aromatic heterocycles. The Labute approximate surface area is 332 Å². The van der Waals surface area contributed by atoms with E-state index < -0.39 is 6.29 Å². The second-order valence-corrected chi connectivity index (χ2v) is 15.1. The SMILES string of the molecule is C=CCN(CC1CC(c2ccc(CO)cc2)OC(c2ccc(-c3ccccc3CNC(=O)CCCCCCC(=O)Nc3ccccc3N)cc2)O1)C1CCCC1. The molecule has 1 aliphatic heterocycles. The molecule has 6 rings (SSSR count). The summed E-state index contributed by atoms with van der Waals surface area (Å²) in [7, 11) is 0. The molecule has 2 aliphatic rings. The van der Waals surface area contributed by atoms with Crippen LogP contribution < -0.4 is 16.4 Å². The minimum atomic E-state index is -0.528. The molecule has 2 amide bonds. The molecule has 5 N–H and O–H groups in total. The van der Waals surface area contributed by atoms with Crippen LogP contribution in [-0.4, -0.2) is 47.1 Å². The number of hydrogen-bond acceptors (Lipinski definition) is 7. The van der Waals surface area contributed by atoms with Crippen LogP contribution in [0.4, 0.5) is 11.4 Å². The fraction of sp³-hybridized carbons (Fsp3) is 0.404. The van der Waals surface area contributed by atoms with E-state index in [1.165, 1.54) is 25.7 Å². The number of ether oxygens (including phenoxy) is 2. The predicted octanol–water partition coefficient (Wildman–Crippen LogP) is 9.00. The maximum absolute atomic E-state index is 12.8. The average molecular weight is 759 g/mol. The number of aliphatic hydroxyl groups excluding tert-OH is 1. The van der Waals surface area contributed by atoms with Gasteiger partial charge in [-0.3, -0.25) is 14.5 Å². The fourth-order valence-electron chi connectivity index (χ4n) is 7.91. The van der Waals surface area contributed by atoms with Gasteiger partial charge in [-0.05, 0) is 65.6 Å². The Morgan fingerprint density at radius 3 is 2.21 bits per heavy atom. The summed E-state index contributed by atoms with van der Waals surface area (Å²) in [6, 6.07) is 32.4. The number of nitrogens with zero attached hydrogens (tertiary/aromatic N) is 1. The maximum atomic E-state index is 12.8. The third-order valence-electron chi connectivity index (χ3n) is 11.0. The molecule has 9 heteroatoms. The van der Waals surface area contributed by atoms with Crippen molar-refractivity contribution in [2.75, 3.05) is 24.1 Å². The normalized spacial score (nSPS) is 18.5. The molecule has 4 aromatic rings. The van der Waals surface area contributed by atoms with Crippen molar-refractivity contribution in [2.45, 2.75) is 108 Å². The predicted molar refractivity (Wildman–Crippen MR) is 223 cm³/mol. The zero-order valence-corrected chi connectivity index (χ0v) is 32.5. The molecule has 0 spiro atoms. The van der Waals surface area contributed by atoms with E-state index in [-0.39, 0.29) is 30.6 Å². The van der Waals surface area contributed by atoms with E-state index in [9.17, 15) is 14.7 Å². The molecule has 296 valence electrons. The molecule has 2 fully saturated rings. The van der Waals surface area contributed by atoms with Crippen LogP contribution in [0.1, 0.15) is 105 Å². The Morgan fingerprint density at radius 1 is 0.821 bits per heavy atom. The minimum Gasteiger partial charge on any atom is -0.397 e. The number of aliphatic hydroxyl groups is 1. The molecule has 9 nitrogen and oxygen atoms in total. The van der Waals surface area contributed by atoms with Gasteiger partial charge in [0.1, 0.15) is 0 Å². The first-order valence-corrected chi connectivity index (χ1v) is 20.3. The highest BCUT2D eigenvalue weighted by Crippen LogP contribution is 2.39. The van der Waals surface area contributed by atoms with Crippen LogP contribution in [0, 0.1) is 0 Å². The summed E-state index contributed by atoms with van der Waals surface area (Å²) in [5.41, 5.74) is 13.2. The summed E-state index contributed by atoms with van der Waals surface area (Å²) in [4.78, 5) is 27.6. The van der Waals surface area contributed by atoms with E-state index >= 15 is 0 Å². The zero-order chi connectivity index (χ0) is 39.1. The highest BCUT2D eigenvalue weighted by Gasteiger charge is 2.34. The van der Waals surface area contributed by atoms with Gasteiger partial charge in [0.25, 0.3) is 0 Å². The molecule has 1 heterocycles. The van der Waals surface area contributed by atoms with Gasteiger partial charge in [0.05, 0.1) is 30.2 Å². The molecular formula is C47H58N4O5.